The summed E-state index contributed by atoms with van der Waals surface area (Å²) in [5.74, 6) is 2.05. The smallest absolute Gasteiger partial charge is 0.193 e. The van der Waals surface area contributed by atoms with Crippen LogP contribution in [0.25, 0.3) is 0 Å². The molecule has 2 aromatic rings. The molecule has 0 fully saturated rings. The van der Waals surface area contributed by atoms with Gasteiger partial charge in [0.2, 0.25) is 0 Å². The van der Waals surface area contributed by atoms with Crippen LogP contribution in [-0.4, -0.2) is 45.2 Å². The molecule has 0 bridgehead atoms. The minimum atomic E-state index is 0.374. The Labute approximate surface area is 155 Å². The molecule has 2 rings (SSSR count). The Bertz CT molecular complexity index is 682. The van der Waals surface area contributed by atoms with Gasteiger partial charge in [-0.3, -0.25) is 0 Å². The predicted octanol–water partition coefficient (Wildman–Crippen LogP) is 2.95. The van der Waals surface area contributed by atoms with E-state index < -0.39 is 0 Å². The van der Waals surface area contributed by atoms with E-state index in [1.54, 1.807) is 7.11 Å². The van der Waals surface area contributed by atoms with E-state index in [1.165, 1.54) is 0 Å². The molecule has 140 valence electrons. The van der Waals surface area contributed by atoms with Crippen LogP contribution in [0.3, 0.4) is 0 Å². The molecule has 6 heteroatoms. The van der Waals surface area contributed by atoms with Gasteiger partial charge in [-0.05, 0) is 62.5 Å². The molecular weight excluding hydrogens is 328 g/mol. The zero-order chi connectivity index (χ0) is 18.8. The van der Waals surface area contributed by atoms with E-state index in [4.69, 9.17) is 15.2 Å². The molecule has 6 nitrogen and oxygen atoms in total. The van der Waals surface area contributed by atoms with Crippen molar-refractivity contribution in [3.05, 3.63) is 54.1 Å². The first-order valence-electron chi connectivity index (χ1n) is 8.64. The average molecular weight is 356 g/mol. The summed E-state index contributed by atoms with van der Waals surface area (Å²) in [6.45, 7) is 2.25. The van der Waals surface area contributed by atoms with Crippen LogP contribution in [-0.2, 0) is 6.54 Å². The average Bonchev–Trinajstić information content (AvgIpc) is 2.65. The van der Waals surface area contributed by atoms with Gasteiger partial charge in [0.1, 0.15) is 11.5 Å². The summed E-state index contributed by atoms with van der Waals surface area (Å²) in [5.41, 5.74) is 7.88. The molecule has 0 saturated heterocycles. The topological polar surface area (TPSA) is 72.1 Å². The van der Waals surface area contributed by atoms with E-state index in [0.29, 0.717) is 19.1 Å². The molecule has 0 radical (unpaired) electrons. The second-order valence-electron chi connectivity index (χ2n) is 6.20. The Morgan fingerprint density at radius 2 is 1.69 bits per heavy atom. The van der Waals surface area contributed by atoms with Crippen molar-refractivity contribution in [3.63, 3.8) is 0 Å². The molecule has 0 spiro atoms. The normalized spacial score (nSPS) is 11.5. The molecule has 0 unspecified atom stereocenters. The van der Waals surface area contributed by atoms with Gasteiger partial charge in [0.25, 0.3) is 0 Å². The molecule has 3 N–H and O–H groups in total. The Kier molecular flexibility index (Phi) is 7.76. The third kappa shape index (κ3) is 7.03. The van der Waals surface area contributed by atoms with Gasteiger partial charge in [-0.2, -0.15) is 0 Å². The highest BCUT2D eigenvalue weighted by Gasteiger charge is 1.99. The van der Waals surface area contributed by atoms with Crippen LogP contribution in [0, 0.1) is 0 Å². The van der Waals surface area contributed by atoms with Crippen molar-refractivity contribution in [3.8, 4) is 11.5 Å². The molecule has 0 amide bonds. The molecule has 0 heterocycles. The van der Waals surface area contributed by atoms with Crippen molar-refractivity contribution in [2.75, 3.05) is 39.7 Å². The Morgan fingerprint density at radius 3 is 2.31 bits per heavy atom. The monoisotopic (exact) mass is 356 g/mol. The van der Waals surface area contributed by atoms with Crippen LogP contribution in [0.4, 0.5) is 5.69 Å². The van der Waals surface area contributed by atoms with Gasteiger partial charge in [0, 0.05) is 12.2 Å². The Hall–Kier alpha value is -2.73. The number of nitrogens with zero attached hydrogens (tertiary/aromatic N) is 2. The van der Waals surface area contributed by atoms with Gasteiger partial charge in [0.15, 0.2) is 5.96 Å². The van der Waals surface area contributed by atoms with Crippen LogP contribution in [0.15, 0.2) is 53.5 Å². The van der Waals surface area contributed by atoms with E-state index in [1.807, 2.05) is 48.5 Å². The van der Waals surface area contributed by atoms with Crippen molar-refractivity contribution in [2.24, 2.45) is 10.7 Å². The second-order valence-corrected chi connectivity index (χ2v) is 6.20. The van der Waals surface area contributed by atoms with Crippen LogP contribution in [0.2, 0.25) is 0 Å². The summed E-state index contributed by atoms with van der Waals surface area (Å²) in [4.78, 5) is 6.51. The maximum atomic E-state index is 5.94. The van der Waals surface area contributed by atoms with Gasteiger partial charge in [-0.1, -0.05) is 12.1 Å². The van der Waals surface area contributed by atoms with Crippen LogP contribution < -0.4 is 20.5 Å². The fourth-order valence-electron chi connectivity index (χ4n) is 2.30. The predicted molar refractivity (Wildman–Crippen MR) is 107 cm³/mol. The van der Waals surface area contributed by atoms with Crippen LogP contribution in [0.1, 0.15) is 12.0 Å². The molecule has 0 saturated carbocycles. The summed E-state index contributed by atoms with van der Waals surface area (Å²) in [7, 11) is 5.76. The number of methoxy groups -OCH3 is 1. The highest BCUT2D eigenvalue weighted by atomic mass is 16.5. The summed E-state index contributed by atoms with van der Waals surface area (Å²) >= 11 is 0. The minimum absolute atomic E-state index is 0.374. The molecule has 0 aromatic heterocycles. The lowest BCUT2D eigenvalue weighted by molar-refractivity contribution is 0.281. The molecular formula is C20H28N4O2. The van der Waals surface area contributed by atoms with E-state index >= 15 is 0 Å². The maximum Gasteiger partial charge on any atom is 0.193 e. The third-order valence-electron chi connectivity index (χ3n) is 3.74. The first-order chi connectivity index (χ1) is 12.6. The van der Waals surface area contributed by atoms with Gasteiger partial charge >= 0.3 is 0 Å². The van der Waals surface area contributed by atoms with Gasteiger partial charge < -0.3 is 25.4 Å². The lowest BCUT2D eigenvalue weighted by Crippen LogP contribution is -2.22. The number of nitrogens with two attached hydrogens (primary N) is 1. The number of ether oxygens (including phenoxy) is 2. The molecule has 0 aliphatic rings. The maximum absolute atomic E-state index is 5.94. The summed E-state index contributed by atoms with van der Waals surface area (Å²) in [5, 5.41) is 3.06. The number of hydrogen-bond donors (Lipinski definition) is 2. The van der Waals surface area contributed by atoms with Crippen molar-refractivity contribution in [2.45, 2.75) is 13.0 Å². The molecule has 2 aromatic carbocycles. The fourth-order valence-corrected chi connectivity index (χ4v) is 2.30. The van der Waals surface area contributed by atoms with Crippen molar-refractivity contribution >= 4 is 11.6 Å². The number of nitrogens with one attached hydrogen (secondary N) is 1. The zero-order valence-corrected chi connectivity index (χ0v) is 15.7. The van der Waals surface area contributed by atoms with Crippen molar-refractivity contribution < 1.29 is 9.47 Å². The Balaban J connectivity index is 1.79. The Morgan fingerprint density at radius 1 is 1.04 bits per heavy atom. The standard InChI is InChI=1S/C20H28N4O2/c1-24(2)13-4-14-26-19-9-5-16(6-10-19)15-22-20(21)23-17-7-11-18(25-3)12-8-17/h5-12H,4,13-15H2,1-3H3,(H3,21,22,23). The number of anilines is 1. The molecule has 0 aliphatic heterocycles. The minimum Gasteiger partial charge on any atom is -0.497 e. The number of hydrogen-bond acceptors (Lipinski definition) is 4. The molecule has 0 atom stereocenters. The van der Waals surface area contributed by atoms with Crippen molar-refractivity contribution in [1.82, 2.24) is 4.90 Å². The largest absolute Gasteiger partial charge is 0.497 e. The van der Waals surface area contributed by atoms with Gasteiger partial charge in [-0.25, -0.2) is 4.99 Å². The van der Waals surface area contributed by atoms with Gasteiger partial charge in [-0.15, -0.1) is 0 Å². The number of guanidine groups is 1. The zero-order valence-electron chi connectivity index (χ0n) is 15.7. The quantitative estimate of drug-likeness (QED) is 0.411. The van der Waals surface area contributed by atoms with Gasteiger partial charge in [0.05, 0.1) is 20.3 Å². The van der Waals surface area contributed by atoms with E-state index in [-0.39, 0.29) is 0 Å². The third-order valence-corrected chi connectivity index (χ3v) is 3.74. The van der Waals surface area contributed by atoms with E-state index in [0.717, 1.165) is 35.7 Å². The molecule has 26 heavy (non-hydrogen) atoms. The summed E-state index contributed by atoms with van der Waals surface area (Å²) in [6.07, 6.45) is 1.01. The van der Waals surface area contributed by atoms with E-state index in [9.17, 15) is 0 Å². The summed E-state index contributed by atoms with van der Waals surface area (Å²) in [6, 6.07) is 15.5. The van der Waals surface area contributed by atoms with Crippen molar-refractivity contribution in [1.29, 1.82) is 0 Å². The first-order valence-corrected chi connectivity index (χ1v) is 8.64. The number of rotatable bonds is 9. The summed E-state index contributed by atoms with van der Waals surface area (Å²) < 4.78 is 10.9. The van der Waals surface area contributed by atoms with Crippen LogP contribution >= 0.6 is 0 Å². The van der Waals surface area contributed by atoms with Crippen LogP contribution in [0.5, 0.6) is 11.5 Å². The van der Waals surface area contributed by atoms with E-state index in [2.05, 4.69) is 29.3 Å². The highest BCUT2D eigenvalue weighted by Crippen LogP contribution is 2.15. The molecule has 0 aliphatic carbocycles. The number of benzene rings is 2. The first kappa shape index (κ1) is 19.6. The highest BCUT2D eigenvalue weighted by molar-refractivity contribution is 5.92. The fraction of sp³-hybridized carbons (Fsp3) is 0.350. The lowest BCUT2D eigenvalue weighted by Gasteiger charge is -2.10. The lowest BCUT2D eigenvalue weighted by atomic mass is 10.2. The second kappa shape index (κ2) is 10.3. The SMILES string of the molecule is COc1ccc(NC(N)=NCc2ccc(OCCCN(C)C)cc2)cc1. The number of aliphatic imine (C=N–C) groups is 1.